The molecule has 0 saturated heterocycles. The number of rotatable bonds is 5. The highest BCUT2D eigenvalue weighted by Gasteiger charge is 2.28. The lowest BCUT2D eigenvalue weighted by Gasteiger charge is -2.24. The van der Waals surface area contributed by atoms with Crippen LogP contribution in [0.1, 0.15) is 36.8 Å². The maximum Gasteiger partial charge on any atom is 0.251 e. The molecular formula is C18H23N3O3. The van der Waals surface area contributed by atoms with Gasteiger partial charge in [-0.25, -0.2) is 0 Å². The van der Waals surface area contributed by atoms with Crippen molar-refractivity contribution in [1.29, 1.82) is 0 Å². The molecule has 1 unspecified atom stereocenters. The Hall–Kier alpha value is -2.18. The van der Waals surface area contributed by atoms with Gasteiger partial charge in [0.25, 0.3) is 5.91 Å². The molecule has 0 fully saturated rings. The molecule has 0 radical (unpaired) electrons. The largest absolute Gasteiger partial charge is 0.381 e. The van der Waals surface area contributed by atoms with Crippen LogP contribution in [0.25, 0.3) is 0 Å². The van der Waals surface area contributed by atoms with E-state index in [0.717, 1.165) is 17.7 Å². The molecule has 3 rings (SSSR count). The molecule has 2 heterocycles. The van der Waals surface area contributed by atoms with Gasteiger partial charge in [-0.05, 0) is 31.4 Å². The summed E-state index contributed by atoms with van der Waals surface area (Å²) in [5, 5.41) is 17.1. The van der Waals surface area contributed by atoms with E-state index in [9.17, 15) is 9.90 Å². The molecule has 0 aliphatic carbocycles. The first-order valence-corrected chi connectivity index (χ1v) is 8.16. The van der Waals surface area contributed by atoms with Crippen molar-refractivity contribution in [2.75, 3.05) is 13.2 Å². The maximum atomic E-state index is 11.8. The minimum Gasteiger partial charge on any atom is -0.381 e. The second-order valence-corrected chi connectivity index (χ2v) is 6.60. The lowest BCUT2D eigenvalue weighted by atomic mass is 10.1. The van der Waals surface area contributed by atoms with Gasteiger partial charge >= 0.3 is 0 Å². The number of hydrogen-bond donors (Lipinski definition) is 2. The Bertz CT molecular complexity index is 704. The molecule has 2 aromatic rings. The number of carbonyl (C=O) groups is 1. The van der Waals surface area contributed by atoms with Gasteiger partial charge in [-0.1, -0.05) is 30.3 Å². The number of ether oxygens (including phenoxy) is 1. The number of nitrogens with zero attached hydrogens (tertiary/aromatic N) is 2. The molecule has 1 aromatic carbocycles. The molecule has 0 spiro atoms. The molecule has 1 amide bonds. The first kappa shape index (κ1) is 16.7. The Morgan fingerprint density at radius 1 is 1.42 bits per heavy atom. The maximum absolute atomic E-state index is 11.8. The van der Waals surface area contributed by atoms with Gasteiger partial charge in [-0.2, -0.15) is 5.10 Å². The zero-order chi connectivity index (χ0) is 17.2. The Balaban J connectivity index is 1.70. The van der Waals surface area contributed by atoms with Crippen molar-refractivity contribution < 1.29 is 14.6 Å². The van der Waals surface area contributed by atoms with Gasteiger partial charge in [-0.15, -0.1) is 0 Å². The van der Waals surface area contributed by atoms with Crippen LogP contribution in [0.3, 0.4) is 0 Å². The quantitative estimate of drug-likeness (QED) is 0.870. The number of nitrogens with one attached hydrogen (secondary N) is 1. The van der Waals surface area contributed by atoms with E-state index in [1.54, 1.807) is 0 Å². The third kappa shape index (κ3) is 3.83. The van der Waals surface area contributed by atoms with Crippen molar-refractivity contribution in [3.05, 3.63) is 53.3 Å². The monoisotopic (exact) mass is 329 g/mol. The zero-order valence-electron chi connectivity index (χ0n) is 14.0. The number of fused-ring (bicyclic) bond motifs is 1. The Morgan fingerprint density at radius 2 is 2.17 bits per heavy atom. The Morgan fingerprint density at radius 3 is 2.88 bits per heavy atom. The third-order valence-corrected chi connectivity index (χ3v) is 4.06. The lowest BCUT2D eigenvalue weighted by Crippen LogP contribution is -2.44. The molecule has 24 heavy (non-hydrogen) atoms. The fraction of sp³-hybridized carbons (Fsp3) is 0.444. The fourth-order valence-corrected chi connectivity index (χ4v) is 2.74. The van der Waals surface area contributed by atoms with E-state index in [1.807, 2.05) is 22.9 Å². The van der Waals surface area contributed by atoms with Gasteiger partial charge in [0.05, 0.1) is 18.8 Å². The zero-order valence-corrected chi connectivity index (χ0v) is 14.0. The van der Waals surface area contributed by atoms with E-state index in [1.165, 1.54) is 19.4 Å². The minimum absolute atomic E-state index is 0.280. The van der Waals surface area contributed by atoms with Gasteiger partial charge in [0, 0.05) is 12.7 Å². The van der Waals surface area contributed by atoms with E-state index in [0.29, 0.717) is 19.7 Å². The van der Waals surface area contributed by atoms with Crippen LogP contribution >= 0.6 is 0 Å². The summed E-state index contributed by atoms with van der Waals surface area (Å²) in [6, 6.07) is 10.1. The molecule has 1 aliphatic heterocycles. The van der Waals surface area contributed by atoms with Crippen LogP contribution in [-0.2, 0) is 22.5 Å². The molecule has 6 heteroatoms. The first-order valence-electron chi connectivity index (χ1n) is 8.16. The van der Waals surface area contributed by atoms with Crippen LogP contribution in [0.4, 0.5) is 0 Å². The summed E-state index contributed by atoms with van der Waals surface area (Å²) in [6.07, 6.45) is 2.59. The van der Waals surface area contributed by atoms with Crippen molar-refractivity contribution in [3.63, 3.8) is 0 Å². The molecule has 2 N–H and O–H groups in total. The summed E-state index contributed by atoms with van der Waals surface area (Å²) >= 11 is 0. The number of aromatic nitrogens is 2. The van der Waals surface area contributed by atoms with Crippen LogP contribution in [0.15, 0.2) is 36.5 Å². The average molecular weight is 329 g/mol. The van der Waals surface area contributed by atoms with Crippen molar-refractivity contribution >= 4 is 5.91 Å². The van der Waals surface area contributed by atoms with Crippen LogP contribution in [0.2, 0.25) is 0 Å². The number of amides is 1. The van der Waals surface area contributed by atoms with Gasteiger partial charge in [0.2, 0.25) is 0 Å². The van der Waals surface area contributed by atoms with E-state index in [2.05, 4.69) is 28.7 Å². The smallest absolute Gasteiger partial charge is 0.251 e. The molecule has 1 aromatic heterocycles. The van der Waals surface area contributed by atoms with E-state index < -0.39 is 11.5 Å². The van der Waals surface area contributed by atoms with Crippen LogP contribution in [0.5, 0.6) is 0 Å². The standard InChI is InChI=1S/C18H23N3O3/c1-18(2,23)17(22)19-10-15-16-14(8-9-24-15)12-21(20-16)11-13-6-4-3-5-7-13/h3-7,12,15,23H,8-11H2,1-2H3,(H,19,22). The van der Waals surface area contributed by atoms with E-state index in [4.69, 9.17) is 4.74 Å². The molecular weight excluding hydrogens is 306 g/mol. The Kier molecular flexibility index (Phi) is 4.69. The normalized spacial score (nSPS) is 17.4. The number of carbonyl (C=O) groups excluding carboxylic acids is 1. The summed E-state index contributed by atoms with van der Waals surface area (Å²) in [5.74, 6) is -0.415. The van der Waals surface area contributed by atoms with Crippen LogP contribution in [-0.4, -0.2) is 39.5 Å². The second kappa shape index (κ2) is 6.75. The lowest BCUT2D eigenvalue weighted by molar-refractivity contribution is -0.137. The highest BCUT2D eigenvalue weighted by atomic mass is 16.5. The SMILES string of the molecule is CC(C)(O)C(=O)NCC1OCCc2cn(Cc3ccccc3)nc21. The predicted molar refractivity (Wildman–Crippen MR) is 89.5 cm³/mol. The molecule has 6 nitrogen and oxygen atoms in total. The van der Waals surface area contributed by atoms with Gasteiger partial charge < -0.3 is 15.2 Å². The van der Waals surface area contributed by atoms with Crippen molar-refractivity contribution in [2.24, 2.45) is 0 Å². The molecule has 0 saturated carbocycles. The summed E-state index contributed by atoms with van der Waals surface area (Å²) in [7, 11) is 0. The van der Waals surface area contributed by atoms with E-state index in [-0.39, 0.29) is 6.10 Å². The Labute approximate surface area is 141 Å². The minimum atomic E-state index is -1.40. The highest BCUT2D eigenvalue weighted by Crippen LogP contribution is 2.25. The summed E-state index contributed by atoms with van der Waals surface area (Å²) in [5.41, 5.74) is 1.81. The summed E-state index contributed by atoms with van der Waals surface area (Å²) < 4.78 is 7.67. The molecule has 128 valence electrons. The third-order valence-electron chi connectivity index (χ3n) is 4.06. The number of benzene rings is 1. The topological polar surface area (TPSA) is 76.4 Å². The second-order valence-electron chi connectivity index (χ2n) is 6.60. The van der Waals surface area contributed by atoms with Crippen LogP contribution in [0, 0.1) is 0 Å². The summed E-state index contributed by atoms with van der Waals surface area (Å²) in [6.45, 7) is 4.54. The van der Waals surface area contributed by atoms with Crippen LogP contribution < -0.4 is 5.32 Å². The van der Waals surface area contributed by atoms with Crippen molar-refractivity contribution in [1.82, 2.24) is 15.1 Å². The first-order chi connectivity index (χ1) is 11.4. The van der Waals surface area contributed by atoms with E-state index >= 15 is 0 Å². The predicted octanol–water partition coefficient (Wildman–Crippen LogP) is 1.43. The molecule has 1 aliphatic rings. The fourth-order valence-electron chi connectivity index (χ4n) is 2.74. The molecule has 1 atom stereocenters. The van der Waals surface area contributed by atoms with Gasteiger partial charge in [0.1, 0.15) is 11.7 Å². The average Bonchev–Trinajstić information content (AvgIpc) is 2.95. The molecule has 0 bridgehead atoms. The van der Waals surface area contributed by atoms with Crippen molar-refractivity contribution in [2.45, 2.75) is 38.5 Å². The van der Waals surface area contributed by atoms with Crippen molar-refractivity contribution in [3.8, 4) is 0 Å². The number of hydrogen-bond acceptors (Lipinski definition) is 4. The van der Waals surface area contributed by atoms with Gasteiger partial charge in [-0.3, -0.25) is 9.48 Å². The highest BCUT2D eigenvalue weighted by molar-refractivity contribution is 5.83. The number of aliphatic hydroxyl groups is 1. The van der Waals surface area contributed by atoms with Gasteiger partial charge in [0.15, 0.2) is 0 Å². The summed E-state index contributed by atoms with van der Waals surface area (Å²) in [4.78, 5) is 11.8.